The maximum Gasteiger partial charge on any atom is 0.199 e. The van der Waals surface area contributed by atoms with Crippen molar-refractivity contribution in [1.29, 1.82) is 0 Å². The first kappa shape index (κ1) is 15.5. The van der Waals surface area contributed by atoms with E-state index < -0.39 is 5.24 Å². The van der Waals surface area contributed by atoms with Crippen LogP contribution in [0, 0.1) is 19.9 Å². The Morgan fingerprint density at radius 2 is 1.83 bits per heavy atom. The first-order valence-electron chi connectivity index (χ1n) is 5.25. The summed E-state index contributed by atoms with van der Waals surface area (Å²) in [4.78, 5) is 15.7. The Morgan fingerprint density at radius 3 is 2.39 bits per heavy atom. The zero-order chi connectivity index (χ0) is 12.4. The Bertz CT molecular complexity index is 570. The summed E-state index contributed by atoms with van der Waals surface area (Å²) >= 11 is 5.62. The average Bonchev–Trinajstić information content (AvgIpc) is 2.28. The molecule has 0 unspecified atom stereocenters. The van der Waals surface area contributed by atoms with E-state index in [1.54, 1.807) is 6.92 Å². The zero-order valence-corrected chi connectivity index (χ0v) is 13.8. The van der Waals surface area contributed by atoms with Crippen molar-refractivity contribution in [2.24, 2.45) is 0 Å². The third-order valence-electron chi connectivity index (χ3n) is 2.51. The molecule has 89 valence electrons. The topological polar surface area (TPSA) is 30.0 Å². The second kappa shape index (κ2) is 6.56. The monoisotopic (exact) mass is 333 g/mol. The van der Waals surface area contributed by atoms with Gasteiger partial charge in [-0.2, -0.15) is 11.6 Å². The summed E-state index contributed by atoms with van der Waals surface area (Å²) in [6, 6.07) is 12.7. The summed E-state index contributed by atoms with van der Waals surface area (Å²) < 4.78 is 0. The molecule has 0 amide bonds. The van der Waals surface area contributed by atoms with Crippen molar-refractivity contribution in [1.82, 2.24) is 4.98 Å². The number of rotatable bonds is 2. The van der Waals surface area contributed by atoms with Gasteiger partial charge in [0.25, 0.3) is 0 Å². The number of aryl methyl sites for hydroxylation is 2. The predicted molar refractivity (Wildman–Crippen MR) is 68.2 cm³/mol. The van der Waals surface area contributed by atoms with Gasteiger partial charge in [-0.3, -0.25) is 9.78 Å². The molecule has 1 aromatic carbocycles. The summed E-state index contributed by atoms with van der Waals surface area (Å²) in [5, 5.41) is -0.495. The van der Waals surface area contributed by atoms with Crippen LogP contribution in [0.5, 0.6) is 0 Å². The molecule has 0 aliphatic heterocycles. The SMILES string of the molecule is Cc1[c-]c(-c2ccccc2)c(C(=O)Cl)c(C)n1.[Y]. The molecule has 0 fully saturated rings. The molecule has 4 heteroatoms. The fraction of sp³-hybridized carbons (Fsp3) is 0.143. The maximum absolute atomic E-state index is 11.5. The van der Waals surface area contributed by atoms with Crippen molar-refractivity contribution in [2.45, 2.75) is 13.8 Å². The normalized spacial score (nSPS) is 9.72. The molecule has 0 N–H and O–H groups in total. The summed E-state index contributed by atoms with van der Waals surface area (Å²) in [7, 11) is 0. The molecule has 0 atom stereocenters. The van der Waals surface area contributed by atoms with Crippen LogP contribution in [-0.2, 0) is 32.7 Å². The Labute approximate surface area is 137 Å². The number of pyridine rings is 1. The van der Waals surface area contributed by atoms with E-state index in [1.165, 1.54) is 0 Å². The average molecular weight is 334 g/mol. The van der Waals surface area contributed by atoms with Crippen molar-refractivity contribution in [3.8, 4) is 11.1 Å². The summed E-state index contributed by atoms with van der Waals surface area (Å²) in [5.74, 6) is 0. The van der Waals surface area contributed by atoms with Crippen LogP contribution in [0.15, 0.2) is 30.3 Å². The van der Waals surface area contributed by atoms with Gasteiger partial charge in [-0.25, -0.2) is 0 Å². The summed E-state index contributed by atoms with van der Waals surface area (Å²) in [6.07, 6.45) is 0. The molecule has 2 aromatic rings. The summed E-state index contributed by atoms with van der Waals surface area (Å²) in [6.45, 7) is 3.63. The van der Waals surface area contributed by atoms with Crippen molar-refractivity contribution >= 4 is 16.8 Å². The molecular weight excluding hydrogens is 323 g/mol. The zero-order valence-electron chi connectivity index (χ0n) is 10.2. The van der Waals surface area contributed by atoms with E-state index in [0.29, 0.717) is 11.3 Å². The minimum absolute atomic E-state index is 0. The standard InChI is InChI=1S/C14H11ClNO.Y/c1-9-8-12(11-6-4-3-5-7-11)13(14(15)17)10(2)16-9;/h3-7H,1-2H3;/q-1;. The largest absolute Gasteiger partial charge is 0.291 e. The fourth-order valence-corrected chi connectivity index (χ4v) is 2.05. The Kier molecular flexibility index (Phi) is 5.64. The molecule has 0 aliphatic carbocycles. The number of carbonyl (C=O) groups is 1. The molecular formula is C14H11ClNOY-. The van der Waals surface area contributed by atoms with E-state index in [-0.39, 0.29) is 32.7 Å². The number of carbonyl (C=O) groups excluding carboxylic acids is 1. The molecule has 1 radical (unpaired) electrons. The van der Waals surface area contributed by atoms with Crippen LogP contribution in [0.2, 0.25) is 0 Å². The maximum atomic E-state index is 11.5. The molecule has 0 aliphatic rings. The van der Waals surface area contributed by atoms with Gasteiger partial charge >= 0.3 is 0 Å². The van der Waals surface area contributed by atoms with Gasteiger partial charge in [0.1, 0.15) is 0 Å². The van der Waals surface area contributed by atoms with E-state index in [1.807, 2.05) is 37.3 Å². The van der Waals surface area contributed by atoms with Crippen LogP contribution in [0.3, 0.4) is 0 Å². The van der Waals surface area contributed by atoms with Crippen LogP contribution < -0.4 is 0 Å². The number of hydrogen-bond acceptors (Lipinski definition) is 2. The number of aromatic nitrogens is 1. The molecule has 1 aromatic heterocycles. The van der Waals surface area contributed by atoms with Crippen LogP contribution in [0.25, 0.3) is 11.1 Å². The molecule has 2 rings (SSSR count). The van der Waals surface area contributed by atoms with Crippen molar-refractivity contribution < 1.29 is 37.5 Å². The summed E-state index contributed by atoms with van der Waals surface area (Å²) in [5.41, 5.74) is 3.47. The van der Waals surface area contributed by atoms with Gasteiger partial charge in [0, 0.05) is 32.7 Å². The number of halogens is 1. The molecule has 0 spiro atoms. The number of benzene rings is 1. The third-order valence-corrected chi connectivity index (χ3v) is 2.70. The molecule has 18 heavy (non-hydrogen) atoms. The Hall–Kier alpha value is -0.566. The Balaban J connectivity index is 0.00000162. The predicted octanol–water partition coefficient (Wildman–Crippen LogP) is 3.54. The minimum atomic E-state index is -0.495. The van der Waals surface area contributed by atoms with Crippen LogP contribution in [0.1, 0.15) is 21.7 Å². The van der Waals surface area contributed by atoms with Gasteiger partial charge in [-0.15, -0.1) is 17.7 Å². The van der Waals surface area contributed by atoms with Crippen molar-refractivity contribution in [3.63, 3.8) is 0 Å². The van der Waals surface area contributed by atoms with E-state index >= 15 is 0 Å². The Morgan fingerprint density at radius 1 is 1.22 bits per heavy atom. The van der Waals surface area contributed by atoms with Crippen LogP contribution in [0.4, 0.5) is 0 Å². The van der Waals surface area contributed by atoms with Crippen molar-refractivity contribution in [3.05, 3.63) is 53.3 Å². The molecule has 0 saturated heterocycles. The smallest absolute Gasteiger partial charge is 0.199 e. The van der Waals surface area contributed by atoms with Gasteiger partial charge in [-0.1, -0.05) is 29.8 Å². The van der Waals surface area contributed by atoms with Gasteiger partial charge in [0.05, 0.1) is 0 Å². The molecule has 1 heterocycles. The van der Waals surface area contributed by atoms with Crippen LogP contribution >= 0.6 is 11.6 Å². The van der Waals surface area contributed by atoms with E-state index in [4.69, 9.17) is 11.6 Å². The fourth-order valence-electron chi connectivity index (χ4n) is 1.82. The second-order valence-electron chi connectivity index (χ2n) is 3.80. The third kappa shape index (κ3) is 3.25. The molecule has 0 saturated carbocycles. The van der Waals surface area contributed by atoms with Crippen LogP contribution in [-0.4, -0.2) is 10.2 Å². The second-order valence-corrected chi connectivity index (χ2v) is 4.14. The van der Waals surface area contributed by atoms with Gasteiger partial charge < -0.3 is 0 Å². The van der Waals surface area contributed by atoms with E-state index in [2.05, 4.69) is 11.1 Å². The van der Waals surface area contributed by atoms with E-state index in [0.717, 1.165) is 16.8 Å². The minimum Gasteiger partial charge on any atom is -0.291 e. The molecule has 2 nitrogen and oxygen atoms in total. The quantitative estimate of drug-likeness (QED) is 0.621. The number of nitrogens with zero attached hydrogens (tertiary/aromatic N) is 1. The van der Waals surface area contributed by atoms with Gasteiger partial charge in [-0.05, 0) is 30.8 Å². The number of hydrogen-bond donors (Lipinski definition) is 0. The van der Waals surface area contributed by atoms with Gasteiger partial charge in [0.15, 0.2) is 5.24 Å². The first-order chi connectivity index (χ1) is 8.09. The van der Waals surface area contributed by atoms with Crippen molar-refractivity contribution in [2.75, 3.05) is 0 Å². The van der Waals surface area contributed by atoms with Gasteiger partial charge in [0.2, 0.25) is 0 Å². The molecule has 0 bridgehead atoms. The first-order valence-corrected chi connectivity index (χ1v) is 5.63. The van der Waals surface area contributed by atoms with E-state index in [9.17, 15) is 4.79 Å².